The van der Waals surface area contributed by atoms with Gasteiger partial charge in [0.05, 0.1) is 6.07 Å². The quantitative estimate of drug-likeness (QED) is 0.437. The van der Waals surface area contributed by atoms with E-state index in [1.54, 1.807) is 0 Å². The third kappa shape index (κ3) is 2.48. The molecule has 4 aromatic carbocycles. The minimum Gasteiger partial charge on any atom is -0.382 e. The summed E-state index contributed by atoms with van der Waals surface area (Å²) in [5.74, 6) is 0. The Labute approximate surface area is 169 Å². The maximum Gasteiger partial charge on any atom is 0.126 e. The van der Waals surface area contributed by atoms with Crippen LogP contribution < -0.4 is 5.32 Å². The van der Waals surface area contributed by atoms with Gasteiger partial charge in [-0.15, -0.1) is 0 Å². The molecule has 2 nitrogen and oxygen atoms in total. The molecule has 3 heteroatoms. The lowest BCUT2D eigenvalue weighted by atomic mass is 9.76. The molecule has 1 N–H and O–H groups in total. The maximum atomic E-state index is 10.2. The van der Waals surface area contributed by atoms with Crippen molar-refractivity contribution in [1.29, 1.82) is 5.26 Å². The topological polar surface area (TPSA) is 35.8 Å². The van der Waals surface area contributed by atoms with Gasteiger partial charge in [-0.05, 0) is 51.7 Å². The van der Waals surface area contributed by atoms with Crippen molar-refractivity contribution in [1.82, 2.24) is 0 Å². The number of halogens is 1. The lowest BCUT2D eigenvalue weighted by molar-refractivity contribution is 0.733. The first kappa shape index (κ1) is 16.9. The highest BCUT2D eigenvalue weighted by Gasteiger charge is 2.41. The Kier molecular flexibility index (Phi) is 3.86. The molecule has 5 rings (SSSR count). The van der Waals surface area contributed by atoms with Crippen LogP contribution in [0.5, 0.6) is 0 Å². The molecule has 0 unspecified atom stereocenters. The van der Waals surface area contributed by atoms with Gasteiger partial charge in [0.15, 0.2) is 0 Å². The molecule has 0 radical (unpaired) electrons. The highest BCUT2D eigenvalue weighted by molar-refractivity contribution is 6.30. The van der Waals surface area contributed by atoms with Crippen LogP contribution in [-0.4, -0.2) is 6.54 Å². The zero-order valence-electron chi connectivity index (χ0n) is 15.1. The smallest absolute Gasteiger partial charge is 0.126 e. The number of nitrogens with zero attached hydrogens (tertiary/aromatic N) is 1. The van der Waals surface area contributed by atoms with E-state index in [4.69, 9.17) is 11.6 Å². The Hall–Kier alpha value is -3.28. The van der Waals surface area contributed by atoms with Crippen LogP contribution in [0.1, 0.15) is 11.1 Å². The van der Waals surface area contributed by atoms with Gasteiger partial charge >= 0.3 is 0 Å². The van der Waals surface area contributed by atoms with Gasteiger partial charge in [0.2, 0.25) is 0 Å². The molecular formula is C25H17ClN2. The van der Waals surface area contributed by atoms with E-state index in [0.717, 1.165) is 22.4 Å². The lowest BCUT2D eigenvalue weighted by Crippen LogP contribution is -2.28. The fraction of sp³-hybridized carbons (Fsp3) is 0.0800. The summed E-state index contributed by atoms with van der Waals surface area (Å²) in [6.45, 7) is 0.540. The van der Waals surface area contributed by atoms with Gasteiger partial charge in [-0.2, -0.15) is 5.26 Å². The third-order valence-corrected chi connectivity index (χ3v) is 5.87. The molecule has 0 saturated heterocycles. The summed E-state index contributed by atoms with van der Waals surface area (Å²) >= 11 is 6.25. The SMILES string of the molecule is N#C[C@@]1(c2cccc(-c3cccc4ccccc34)c2)CNc2ccc(Cl)cc21. The molecule has 0 aromatic heterocycles. The first-order valence-electron chi connectivity index (χ1n) is 9.25. The number of nitriles is 1. The van der Waals surface area contributed by atoms with Crippen molar-refractivity contribution < 1.29 is 0 Å². The molecule has 134 valence electrons. The number of rotatable bonds is 2. The van der Waals surface area contributed by atoms with Crippen LogP contribution in [0, 0.1) is 11.3 Å². The monoisotopic (exact) mass is 380 g/mol. The Balaban J connectivity index is 1.70. The first-order valence-corrected chi connectivity index (χ1v) is 9.63. The highest BCUT2D eigenvalue weighted by Crippen LogP contribution is 2.43. The summed E-state index contributed by atoms with van der Waals surface area (Å²) < 4.78 is 0. The van der Waals surface area contributed by atoms with E-state index in [1.807, 2.05) is 30.3 Å². The molecule has 28 heavy (non-hydrogen) atoms. The average molecular weight is 381 g/mol. The van der Waals surface area contributed by atoms with E-state index in [1.165, 1.54) is 16.3 Å². The van der Waals surface area contributed by atoms with Crippen LogP contribution in [0.2, 0.25) is 5.02 Å². The number of hydrogen-bond acceptors (Lipinski definition) is 2. The summed E-state index contributed by atoms with van der Waals surface area (Å²) in [7, 11) is 0. The molecule has 0 spiro atoms. The standard InChI is InChI=1S/C25H17ClN2/c26-20-11-12-24-23(14-20)25(15-27,16-28-24)19-8-3-7-18(13-19)22-10-4-6-17-5-1-2-9-21(17)22/h1-14,28H,16H2/t25-/m0/s1. The van der Waals surface area contributed by atoms with Gasteiger partial charge in [0, 0.05) is 22.8 Å². The summed E-state index contributed by atoms with van der Waals surface area (Å²) in [6, 6.07) is 31.3. The van der Waals surface area contributed by atoms with Crippen LogP contribution in [0.25, 0.3) is 21.9 Å². The van der Waals surface area contributed by atoms with Crippen molar-refractivity contribution >= 4 is 28.1 Å². The van der Waals surface area contributed by atoms with Crippen LogP contribution in [0.3, 0.4) is 0 Å². The second-order valence-electron chi connectivity index (χ2n) is 7.17. The van der Waals surface area contributed by atoms with E-state index >= 15 is 0 Å². The van der Waals surface area contributed by atoms with Crippen LogP contribution >= 0.6 is 11.6 Å². The molecule has 0 aliphatic carbocycles. The van der Waals surface area contributed by atoms with Gasteiger partial charge in [0.1, 0.15) is 5.41 Å². The predicted molar refractivity (Wildman–Crippen MR) is 116 cm³/mol. The average Bonchev–Trinajstić information content (AvgIpc) is 3.12. The van der Waals surface area contributed by atoms with Crippen molar-refractivity contribution in [2.45, 2.75) is 5.41 Å². The Morgan fingerprint density at radius 1 is 0.893 bits per heavy atom. The number of hydrogen-bond donors (Lipinski definition) is 1. The molecular weight excluding hydrogens is 364 g/mol. The van der Waals surface area contributed by atoms with E-state index in [0.29, 0.717) is 11.6 Å². The Morgan fingerprint density at radius 3 is 2.61 bits per heavy atom. The fourth-order valence-corrected chi connectivity index (χ4v) is 4.37. The minimum atomic E-state index is -0.749. The Bertz CT molecular complexity index is 1250. The van der Waals surface area contributed by atoms with E-state index in [-0.39, 0.29) is 0 Å². The molecule has 0 bridgehead atoms. The molecule has 1 aliphatic heterocycles. The molecule has 1 aliphatic rings. The van der Waals surface area contributed by atoms with E-state index in [9.17, 15) is 5.26 Å². The number of nitrogens with one attached hydrogen (secondary N) is 1. The fourth-order valence-electron chi connectivity index (χ4n) is 4.20. The number of fused-ring (bicyclic) bond motifs is 2. The van der Waals surface area contributed by atoms with Gasteiger partial charge in [-0.3, -0.25) is 0 Å². The minimum absolute atomic E-state index is 0.540. The maximum absolute atomic E-state index is 10.2. The molecule has 0 fully saturated rings. The van der Waals surface area contributed by atoms with Crippen molar-refractivity contribution in [2.75, 3.05) is 11.9 Å². The molecule has 4 aromatic rings. The summed E-state index contributed by atoms with van der Waals surface area (Å²) in [4.78, 5) is 0. The van der Waals surface area contributed by atoms with Gasteiger partial charge < -0.3 is 5.32 Å². The Morgan fingerprint density at radius 2 is 1.71 bits per heavy atom. The van der Waals surface area contributed by atoms with Gasteiger partial charge in [-0.1, -0.05) is 72.3 Å². The summed E-state index contributed by atoms with van der Waals surface area (Å²) in [5.41, 5.74) is 4.43. The molecule has 0 amide bonds. The molecule has 1 heterocycles. The summed E-state index contributed by atoms with van der Waals surface area (Å²) in [5, 5.41) is 16.6. The van der Waals surface area contributed by atoms with Gasteiger partial charge in [-0.25, -0.2) is 0 Å². The zero-order chi connectivity index (χ0) is 19.1. The molecule has 1 atom stereocenters. The molecule has 0 saturated carbocycles. The van der Waals surface area contributed by atoms with Crippen LogP contribution in [-0.2, 0) is 5.41 Å². The number of anilines is 1. The normalized spacial score (nSPS) is 17.7. The van der Waals surface area contributed by atoms with E-state index < -0.39 is 5.41 Å². The highest BCUT2D eigenvalue weighted by atomic mass is 35.5. The van der Waals surface area contributed by atoms with Crippen LogP contribution in [0.15, 0.2) is 84.9 Å². The zero-order valence-corrected chi connectivity index (χ0v) is 15.9. The van der Waals surface area contributed by atoms with E-state index in [2.05, 4.69) is 66.0 Å². The largest absolute Gasteiger partial charge is 0.382 e. The van der Waals surface area contributed by atoms with Crippen molar-refractivity contribution in [3.8, 4) is 17.2 Å². The van der Waals surface area contributed by atoms with Crippen LogP contribution in [0.4, 0.5) is 5.69 Å². The third-order valence-electron chi connectivity index (χ3n) is 5.63. The van der Waals surface area contributed by atoms with Crippen molar-refractivity contribution in [3.63, 3.8) is 0 Å². The van der Waals surface area contributed by atoms with Crippen molar-refractivity contribution in [3.05, 3.63) is 101 Å². The first-order chi connectivity index (χ1) is 13.7. The van der Waals surface area contributed by atoms with Gasteiger partial charge in [0.25, 0.3) is 0 Å². The summed E-state index contributed by atoms with van der Waals surface area (Å²) in [6.07, 6.45) is 0. The van der Waals surface area contributed by atoms with Crippen molar-refractivity contribution in [2.24, 2.45) is 0 Å². The predicted octanol–water partition coefficient (Wildman–Crippen LogP) is 6.40. The second-order valence-corrected chi connectivity index (χ2v) is 7.60. The lowest BCUT2D eigenvalue weighted by Gasteiger charge is -2.23. The number of benzene rings is 4. The second kappa shape index (κ2) is 6.41.